The number of amides is 1. The summed E-state index contributed by atoms with van der Waals surface area (Å²) >= 11 is 0. The Hall–Kier alpha value is -1.72. The van der Waals surface area contributed by atoms with Gasteiger partial charge in [-0.25, -0.2) is 0 Å². The number of nitrogens with zero attached hydrogens (tertiary/aromatic N) is 2. The van der Waals surface area contributed by atoms with Crippen molar-refractivity contribution in [1.82, 2.24) is 15.3 Å². The highest BCUT2D eigenvalue weighted by Crippen LogP contribution is 2.16. The van der Waals surface area contributed by atoms with Gasteiger partial charge in [-0.15, -0.1) is 12.4 Å². The smallest absolute Gasteiger partial charge is 0.241 e. The van der Waals surface area contributed by atoms with Crippen LogP contribution >= 0.6 is 12.4 Å². The van der Waals surface area contributed by atoms with Crippen molar-refractivity contribution in [3.8, 4) is 0 Å². The molecule has 1 amide bonds. The van der Waals surface area contributed by atoms with Gasteiger partial charge < -0.3 is 10.6 Å². The molecule has 1 atom stereocenters. The molecule has 1 aliphatic heterocycles. The lowest BCUT2D eigenvalue weighted by Gasteiger charge is -2.11. The minimum absolute atomic E-state index is 0. The number of hydrogen-bond acceptors (Lipinski definition) is 4. The zero-order chi connectivity index (χ0) is 12.4. The monoisotopic (exact) mass is 278 g/mol. The number of fused-ring (bicyclic) bond motifs is 1. The van der Waals surface area contributed by atoms with Crippen LogP contribution in [0.4, 0.5) is 5.69 Å². The minimum atomic E-state index is -0.0671. The SMILES string of the molecule is Cl.O=C(Nc1ccc2nccnc2c1)[C@@H]1CCCN1. The van der Waals surface area contributed by atoms with Crippen molar-refractivity contribution in [2.45, 2.75) is 18.9 Å². The summed E-state index contributed by atoms with van der Waals surface area (Å²) in [7, 11) is 0. The second kappa shape index (κ2) is 5.95. The normalized spacial score (nSPS) is 18.0. The van der Waals surface area contributed by atoms with E-state index >= 15 is 0 Å². The van der Waals surface area contributed by atoms with Crippen LogP contribution in [-0.2, 0) is 4.79 Å². The summed E-state index contributed by atoms with van der Waals surface area (Å²) in [5.74, 6) is 0.0238. The van der Waals surface area contributed by atoms with E-state index in [1.165, 1.54) is 0 Å². The molecule has 0 saturated carbocycles. The first-order valence-corrected chi connectivity index (χ1v) is 6.08. The van der Waals surface area contributed by atoms with E-state index in [1.54, 1.807) is 12.4 Å². The van der Waals surface area contributed by atoms with Gasteiger partial charge in [-0.3, -0.25) is 14.8 Å². The molecule has 0 spiro atoms. The van der Waals surface area contributed by atoms with Gasteiger partial charge in [0.2, 0.25) is 5.91 Å². The first kappa shape index (κ1) is 13.7. The van der Waals surface area contributed by atoms with Gasteiger partial charge in [0.15, 0.2) is 0 Å². The molecule has 3 rings (SSSR count). The second-order valence-corrected chi connectivity index (χ2v) is 4.40. The van der Waals surface area contributed by atoms with E-state index < -0.39 is 0 Å². The Morgan fingerprint density at radius 1 is 1.26 bits per heavy atom. The Morgan fingerprint density at radius 3 is 2.79 bits per heavy atom. The van der Waals surface area contributed by atoms with Crippen molar-refractivity contribution in [3.05, 3.63) is 30.6 Å². The molecule has 100 valence electrons. The van der Waals surface area contributed by atoms with Gasteiger partial charge in [-0.05, 0) is 37.6 Å². The molecule has 1 aromatic carbocycles. The van der Waals surface area contributed by atoms with E-state index in [9.17, 15) is 4.79 Å². The molecule has 0 bridgehead atoms. The van der Waals surface area contributed by atoms with Crippen LogP contribution in [0.15, 0.2) is 30.6 Å². The average molecular weight is 279 g/mol. The summed E-state index contributed by atoms with van der Waals surface area (Å²) < 4.78 is 0. The number of rotatable bonds is 2. The Kier molecular flexibility index (Phi) is 4.29. The van der Waals surface area contributed by atoms with Crippen molar-refractivity contribution < 1.29 is 4.79 Å². The molecule has 0 unspecified atom stereocenters. The van der Waals surface area contributed by atoms with Crippen molar-refractivity contribution in [3.63, 3.8) is 0 Å². The molecule has 5 nitrogen and oxygen atoms in total. The maximum Gasteiger partial charge on any atom is 0.241 e. The van der Waals surface area contributed by atoms with Gasteiger partial charge in [0.1, 0.15) is 0 Å². The highest BCUT2D eigenvalue weighted by molar-refractivity contribution is 5.96. The van der Waals surface area contributed by atoms with Gasteiger partial charge in [-0.2, -0.15) is 0 Å². The molecule has 2 heterocycles. The number of halogens is 1. The third-order valence-electron chi connectivity index (χ3n) is 3.11. The minimum Gasteiger partial charge on any atom is -0.325 e. The quantitative estimate of drug-likeness (QED) is 0.878. The summed E-state index contributed by atoms with van der Waals surface area (Å²) in [6.07, 6.45) is 5.26. The van der Waals surface area contributed by atoms with Crippen LogP contribution in [0.1, 0.15) is 12.8 Å². The topological polar surface area (TPSA) is 66.9 Å². The maximum absolute atomic E-state index is 11.9. The third kappa shape index (κ3) is 3.00. The van der Waals surface area contributed by atoms with E-state index in [4.69, 9.17) is 0 Å². The molecule has 6 heteroatoms. The molecule has 0 aliphatic carbocycles. The third-order valence-corrected chi connectivity index (χ3v) is 3.11. The molecule has 1 aliphatic rings. The van der Waals surface area contributed by atoms with E-state index in [0.29, 0.717) is 0 Å². The van der Waals surface area contributed by atoms with E-state index in [2.05, 4.69) is 20.6 Å². The number of carbonyl (C=O) groups is 1. The Labute approximate surface area is 117 Å². The highest BCUT2D eigenvalue weighted by Gasteiger charge is 2.21. The lowest BCUT2D eigenvalue weighted by molar-refractivity contribution is -0.117. The van der Waals surface area contributed by atoms with Crippen LogP contribution < -0.4 is 10.6 Å². The molecule has 1 fully saturated rings. The fourth-order valence-electron chi connectivity index (χ4n) is 2.18. The van der Waals surface area contributed by atoms with Crippen molar-refractivity contribution in [2.75, 3.05) is 11.9 Å². The summed E-state index contributed by atoms with van der Waals surface area (Å²) in [6, 6.07) is 5.49. The van der Waals surface area contributed by atoms with Gasteiger partial charge in [-0.1, -0.05) is 0 Å². The largest absolute Gasteiger partial charge is 0.325 e. The molecule has 19 heavy (non-hydrogen) atoms. The summed E-state index contributed by atoms with van der Waals surface area (Å²) in [6.45, 7) is 0.918. The molecule has 2 aromatic rings. The standard InChI is InChI=1S/C13H14N4O.ClH/c18-13(11-2-1-5-14-11)17-9-3-4-10-12(8-9)16-7-6-15-10;/h3-4,6-8,11,14H,1-2,5H2,(H,17,18);1H/t11-;/m0./s1. The molecule has 1 saturated heterocycles. The number of anilines is 1. The number of benzene rings is 1. The zero-order valence-corrected chi connectivity index (χ0v) is 11.1. The van der Waals surface area contributed by atoms with Crippen LogP contribution in [0, 0.1) is 0 Å². The van der Waals surface area contributed by atoms with Crippen LogP contribution in [0.5, 0.6) is 0 Å². The van der Waals surface area contributed by atoms with Gasteiger partial charge >= 0.3 is 0 Å². The van der Waals surface area contributed by atoms with Crippen LogP contribution in [-0.4, -0.2) is 28.5 Å². The summed E-state index contributed by atoms with van der Waals surface area (Å²) in [4.78, 5) is 20.3. The summed E-state index contributed by atoms with van der Waals surface area (Å²) in [5.41, 5.74) is 2.38. The molecule has 2 N–H and O–H groups in total. The first-order valence-electron chi connectivity index (χ1n) is 6.08. The molecular formula is C13H15ClN4O. The lowest BCUT2D eigenvalue weighted by Crippen LogP contribution is -2.35. The number of nitrogens with one attached hydrogen (secondary N) is 2. The number of aromatic nitrogens is 2. The zero-order valence-electron chi connectivity index (χ0n) is 10.3. The molecule has 0 radical (unpaired) electrons. The van der Waals surface area contributed by atoms with Crippen LogP contribution in [0.25, 0.3) is 11.0 Å². The number of carbonyl (C=O) groups excluding carboxylic acids is 1. The van der Waals surface area contributed by atoms with Crippen LogP contribution in [0.3, 0.4) is 0 Å². The molecule has 1 aromatic heterocycles. The predicted octanol–water partition coefficient (Wildman–Crippen LogP) is 1.74. The van der Waals surface area contributed by atoms with Crippen molar-refractivity contribution in [1.29, 1.82) is 0 Å². The Balaban J connectivity index is 0.00000133. The van der Waals surface area contributed by atoms with Crippen LogP contribution in [0.2, 0.25) is 0 Å². The summed E-state index contributed by atoms with van der Waals surface area (Å²) in [5, 5.41) is 6.08. The second-order valence-electron chi connectivity index (χ2n) is 4.40. The van der Waals surface area contributed by atoms with Crippen molar-refractivity contribution >= 4 is 35.0 Å². The molecular weight excluding hydrogens is 264 g/mol. The van der Waals surface area contributed by atoms with Gasteiger partial charge in [0.25, 0.3) is 0 Å². The average Bonchev–Trinajstić information content (AvgIpc) is 2.92. The Bertz CT molecular complexity index is 584. The van der Waals surface area contributed by atoms with Gasteiger partial charge in [0.05, 0.1) is 17.1 Å². The Morgan fingerprint density at radius 2 is 2.05 bits per heavy atom. The fourth-order valence-corrected chi connectivity index (χ4v) is 2.18. The van der Waals surface area contributed by atoms with Gasteiger partial charge in [0, 0.05) is 18.1 Å². The first-order chi connectivity index (χ1) is 8.83. The van der Waals surface area contributed by atoms with Crippen molar-refractivity contribution in [2.24, 2.45) is 0 Å². The maximum atomic E-state index is 11.9. The fraction of sp³-hybridized carbons (Fsp3) is 0.308. The predicted molar refractivity (Wildman–Crippen MR) is 76.4 cm³/mol. The van der Waals surface area contributed by atoms with E-state index in [0.717, 1.165) is 36.1 Å². The number of hydrogen-bond donors (Lipinski definition) is 2. The van der Waals surface area contributed by atoms with E-state index in [-0.39, 0.29) is 24.4 Å². The van der Waals surface area contributed by atoms with E-state index in [1.807, 2.05) is 18.2 Å². The lowest BCUT2D eigenvalue weighted by atomic mass is 10.2. The highest BCUT2D eigenvalue weighted by atomic mass is 35.5.